The molecular formula is C22H19ClN4O2S2. The van der Waals surface area contributed by atoms with E-state index >= 15 is 0 Å². The Labute approximate surface area is 189 Å². The fourth-order valence-corrected chi connectivity index (χ4v) is 6.28. The summed E-state index contributed by atoms with van der Waals surface area (Å²) in [7, 11) is -3.55. The van der Waals surface area contributed by atoms with Crippen molar-refractivity contribution in [3.05, 3.63) is 71.3 Å². The van der Waals surface area contributed by atoms with Crippen LogP contribution in [-0.4, -0.2) is 48.9 Å². The zero-order chi connectivity index (χ0) is 21.4. The minimum atomic E-state index is -3.55. The summed E-state index contributed by atoms with van der Waals surface area (Å²) in [5.74, 6) is 0.855. The van der Waals surface area contributed by atoms with Gasteiger partial charge in [0.15, 0.2) is 0 Å². The minimum absolute atomic E-state index is 0.263. The molecule has 2 aromatic carbocycles. The lowest BCUT2D eigenvalue weighted by Gasteiger charge is -2.35. The molecule has 0 spiro atoms. The summed E-state index contributed by atoms with van der Waals surface area (Å²) in [6, 6.07) is 16.5. The second-order valence-corrected chi connectivity index (χ2v) is 10.5. The van der Waals surface area contributed by atoms with E-state index in [1.807, 2.05) is 18.2 Å². The molecule has 0 aliphatic carbocycles. The molecule has 0 atom stereocenters. The second kappa shape index (κ2) is 8.20. The number of sulfonamides is 1. The summed E-state index contributed by atoms with van der Waals surface area (Å²) in [6.45, 7) is 1.90. The number of thiophene rings is 1. The van der Waals surface area contributed by atoms with Gasteiger partial charge in [-0.3, -0.25) is 0 Å². The molecule has 1 saturated heterocycles. The largest absolute Gasteiger partial charge is 0.353 e. The van der Waals surface area contributed by atoms with Gasteiger partial charge in [0, 0.05) is 42.1 Å². The molecule has 3 heterocycles. The van der Waals surface area contributed by atoms with Crippen LogP contribution in [0.5, 0.6) is 0 Å². The van der Waals surface area contributed by atoms with Gasteiger partial charge in [0.05, 0.1) is 10.3 Å². The average molecular weight is 471 g/mol. The maximum atomic E-state index is 13.0. The third-order valence-corrected chi connectivity index (χ3v) is 8.48. The summed E-state index contributed by atoms with van der Waals surface area (Å²) in [5.41, 5.74) is 2.22. The molecule has 0 unspecified atom stereocenters. The fourth-order valence-electron chi connectivity index (χ4n) is 3.83. The molecule has 9 heteroatoms. The Morgan fingerprint density at radius 1 is 0.903 bits per heavy atom. The van der Waals surface area contributed by atoms with Gasteiger partial charge in [-0.15, -0.1) is 11.3 Å². The summed E-state index contributed by atoms with van der Waals surface area (Å²) in [5, 5.41) is 3.65. The lowest BCUT2D eigenvalue weighted by molar-refractivity contribution is 0.384. The Kier molecular flexibility index (Phi) is 5.39. The van der Waals surface area contributed by atoms with Crippen molar-refractivity contribution in [3.63, 3.8) is 0 Å². The molecule has 0 amide bonds. The van der Waals surface area contributed by atoms with Crippen LogP contribution in [-0.2, 0) is 10.0 Å². The molecule has 0 saturated carbocycles. The van der Waals surface area contributed by atoms with Crippen LogP contribution in [0.15, 0.2) is 71.2 Å². The zero-order valence-electron chi connectivity index (χ0n) is 16.5. The van der Waals surface area contributed by atoms with Crippen LogP contribution in [0.4, 0.5) is 5.82 Å². The number of fused-ring (bicyclic) bond motifs is 1. The van der Waals surface area contributed by atoms with Gasteiger partial charge >= 0.3 is 0 Å². The van der Waals surface area contributed by atoms with Gasteiger partial charge in [-0.2, -0.15) is 4.31 Å². The van der Waals surface area contributed by atoms with E-state index in [-0.39, 0.29) is 4.90 Å². The van der Waals surface area contributed by atoms with Crippen molar-refractivity contribution in [3.8, 4) is 11.1 Å². The highest BCUT2D eigenvalue weighted by Crippen LogP contribution is 2.38. The van der Waals surface area contributed by atoms with E-state index in [2.05, 4.69) is 32.4 Å². The number of nitrogens with zero attached hydrogens (tertiary/aromatic N) is 4. The van der Waals surface area contributed by atoms with Crippen molar-refractivity contribution in [2.75, 3.05) is 31.1 Å². The number of hydrogen-bond donors (Lipinski definition) is 0. The number of anilines is 1. The number of halogens is 1. The normalized spacial score (nSPS) is 15.5. The van der Waals surface area contributed by atoms with Gasteiger partial charge in [-0.1, -0.05) is 41.9 Å². The highest BCUT2D eigenvalue weighted by atomic mass is 35.5. The maximum Gasteiger partial charge on any atom is 0.243 e. The second-order valence-electron chi connectivity index (χ2n) is 7.24. The summed E-state index contributed by atoms with van der Waals surface area (Å²) in [6.07, 6.45) is 1.58. The van der Waals surface area contributed by atoms with Crippen LogP contribution in [0, 0.1) is 0 Å². The smallest absolute Gasteiger partial charge is 0.243 e. The van der Waals surface area contributed by atoms with Crippen molar-refractivity contribution >= 4 is 49.0 Å². The molecule has 0 N–H and O–H groups in total. The van der Waals surface area contributed by atoms with E-state index in [1.165, 1.54) is 4.31 Å². The van der Waals surface area contributed by atoms with Crippen LogP contribution < -0.4 is 4.90 Å². The van der Waals surface area contributed by atoms with Gasteiger partial charge in [0.2, 0.25) is 10.0 Å². The number of rotatable bonds is 4. The van der Waals surface area contributed by atoms with E-state index in [1.54, 1.807) is 41.9 Å². The average Bonchev–Trinajstić information content (AvgIpc) is 3.24. The van der Waals surface area contributed by atoms with Crippen molar-refractivity contribution in [1.29, 1.82) is 0 Å². The molecule has 6 nitrogen and oxygen atoms in total. The monoisotopic (exact) mass is 470 g/mol. The highest BCUT2D eigenvalue weighted by Gasteiger charge is 2.30. The molecular weight excluding hydrogens is 452 g/mol. The first-order chi connectivity index (χ1) is 15.0. The van der Waals surface area contributed by atoms with E-state index in [9.17, 15) is 8.42 Å². The predicted molar refractivity (Wildman–Crippen MR) is 125 cm³/mol. The Morgan fingerprint density at radius 3 is 2.32 bits per heavy atom. The van der Waals surface area contributed by atoms with Crippen molar-refractivity contribution in [2.24, 2.45) is 0 Å². The molecule has 1 aliphatic heterocycles. The van der Waals surface area contributed by atoms with Crippen molar-refractivity contribution in [1.82, 2.24) is 14.3 Å². The SMILES string of the molecule is O=S(=O)(c1ccc(Cl)cc1)N1CCN(c2ncnc3scc(-c4ccccc4)c23)CC1. The highest BCUT2D eigenvalue weighted by molar-refractivity contribution is 7.89. The quantitative estimate of drug-likeness (QED) is 0.438. The zero-order valence-corrected chi connectivity index (χ0v) is 18.9. The van der Waals surface area contributed by atoms with Crippen molar-refractivity contribution in [2.45, 2.75) is 4.90 Å². The van der Waals surface area contributed by atoms with Crippen LogP contribution >= 0.6 is 22.9 Å². The third kappa shape index (κ3) is 3.80. The molecule has 4 aromatic rings. The molecule has 1 fully saturated rings. The van der Waals surface area contributed by atoms with Crippen molar-refractivity contribution < 1.29 is 8.42 Å². The summed E-state index contributed by atoms with van der Waals surface area (Å²) >= 11 is 7.50. The van der Waals surface area contributed by atoms with Gasteiger partial charge in [0.1, 0.15) is 17.0 Å². The summed E-state index contributed by atoms with van der Waals surface area (Å²) < 4.78 is 27.5. The lowest BCUT2D eigenvalue weighted by atomic mass is 10.1. The van der Waals surface area contributed by atoms with E-state index < -0.39 is 10.0 Å². The molecule has 0 radical (unpaired) electrons. The molecule has 1 aliphatic rings. The Balaban J connectivity index is 1.42. The van der Waals surface area contributed by atoms with Gasteiger partial charge in [-0.25, -0.2) is 18.4 Å². The topological polar surface area (TPSA) is 66.4 Å². The van der Waals surface area contributed by atoms with Gasteiger partial charge in [-0.05, 0) is 29.8 Å². The molecule has 2 aromatic heterocycles. The summed E-state index contributed by atoms with van der Waals surface area (Å²) in [4.78, 5) is 12.4. The van der Waals surface area contributed by atoms with Crippen LogP contribution in [0.1, 0.15) is 0 Å². The molecule has 31 heavy (non-hydrogen) atoms. The molecule has 158 valence electrons. The number of aromatic nitrogens is 2. The Bertz CT molecular complexity index is 1320. The van der Waals surface area contributed by atoms with Crippen LogP contribution in [0.2, 0.25) is 5.02 Å². The minimum Gasteiger partial charge on any atom is -0.353 e. The third-order valence-electron chi connectivity index (χ3n) is 5.42. The van der Waals surface area contributed by atoms with Crippen LogP contribution in [0.25, 0.3) is 21.3 Å². The molecule has 5 rings (SSSR count). The standard InChI is InChI=1S/C22H19ClN4O2S2/c23-17-6-8-18(9-7-17)31(28,29)27-12-10-26(11-13-27)21-20-19(16-4-2-1-3-5-16)14-30-22(20)25-15-24-21/h1-9,14-15H,10-13H2. The Hall–Kier alpha value is -2.52. The molecule has 0 bridgehead atoms. The first kappa shape index (κ1) is 20.4. The van der Waals surface area contributed by atoms with Crippen LogP contribution in [0.3, 0.4) is 0 Å². The number of piperazine rings is 1. The lowest BCUT2D eigenvalue weighted by Crippen LogP contribution is -2.49. The van der Waals surface area contributed by atoms with E-state index in [0.29, 0.717) is 31.2 Å². The van der Waals surface area contributed by atoms with Gasteiger partial charge < -0.3 is 4.90 Å². The number of benzene rings is 2. The number of hydrogen-bond acceptors (Lipinski definition) is 6. The maximum absolute atomic E-state index is 13.0. The van der Waals surface area contributed by atoms with E-state index in [4.69, 9.17) is 11.6 Å². The Morgan fingerprint density at radius 2 is 1.61 bits per heavy atom. The fraction of sp³-hybridized carbons (Fsp3) is 0.182. The van der Waals surface area contributed by atoms with Gasteiger partial charge in [0.25, 0.3) is 0 Å². The predicted octanol–water partition coefficient (Wildman–Crippen LogP) is 4.52. The van der Waals surface area contributed by atoms with E-state index in [0.717, 1.165) is 27.2 Å². The first-order valence-electron chi connectivity index (χ1n) is 9.82. The first-order valence-corrected chi connectivity index (χ1v) is 12.5.